The van der Waals surface area contributed by atoms with Crippen LogP contribution in [0.3, 0.4) is 0 Å². The molecule has 0 aliphatic heterocycles. The molecule has 1 aliphatic rings. The van der Waals surface area contributed by atoms with Crippen LogP contribution in [0.4, 0.5) is 0 Å². The molecule has 1 saturated carbocycles. The SMILES string of the molecule is CCc1cc(C(=O)NC2(CCl)CC2)n(CC)n1. The maximum atomic E-state index is 12.1. The maximum absolute atomic E-state index is 12.1. The van der Waals surface area contributed by atoms with Crippen molar-refractivity contribution in [2.24, 2.45) is 0 Å². The summed E-state index contributed by atoms with van der Waals surface area (Å²) in [6, 6.07) is 1.86. The Morgan fingerprint density at radius 1 is 1.59 bits per heavy atom. The summed E-state index contributed by atoms with van der Waals surface area (Å²) in [5.74, 6) is 0.428. The average Bonchev–Trinajstić information content (AvgIpc) is 2.98. The van der Waals surface area contributed by atoms with E-state index in [2.05, 4.69) is 10.4 Å². The van der Waals surface area contributed by atoms with E-state index in [1.165, 1.54) is 0 Å². The lowest BCUT2D eigenvalue weighted by Gasteiger charge is -2.14. The molecule has 1 heterocycles. The smallest absolute Gasteiger partial charge is 0.270 e. The van der Waals surface area contributed by atoms with Crippen molar-refractivity contribution in [1.82, 2.24) is 15.1 Å². The number of hydrogen-bond acceptors (Lipinski definition) is 2. The number of alkyl halides is 1. The van der Waals surface area contributed by atoms with Crippen molar-refractivity contribution < 1.29 is 4.79 Å². The van der Waals surface area contributed by atoms with Gasteiger partial charge in [-0.15, -0.1) is 11.6 Å². The molecule has 0 unspecified atom stereocenters. The molecule has 0 bridgehead atoms. The third-order valence-electron chi connectivity index (χ3n) is 3.21. The van der Waals surface area contributed by atoms with Crippen LogP contribution >= 0.6 is 11.6 Å². The number of nitrogens with one attached hydrogen (secondary N) is 1. The van der Waals surface area contributed by atoms with Gasteiger partial charge in [0, 0.05) is 12.4 Å². The number of hydrogen-bond donors (Lipinski definition) is 1. The summed E-state index contributed by atoms with van der Waals surface area (Å²) in [6.07, 6.45) is 2.79. The molecule has 0 radical (unpaired) electrons. The number of carbonyl (C=O) groups is 1. The molecule has 1 aromatic rings. The number of rotatable bonds is 5. The van der Waals surface area contributed by atoms with Gasteiger partial charge in [-0.2, -0.15) is 5.10 Å². The zero-order valence-corrected chi connectivity index (χ0v) is 11.0. The van der Waals surface area contributed by atoms with Gasteiger partial charge >= 0.3 is 0 Å². The van der Waals surface area contributed by atoms with E-state index in [0.717, 1.165) is 25.0 Å². The summed E-state index contributed by atoms with van der Waals surface area (Å²) in [6.45, 7) is 4.72. The van der Waals surface area contributed by atoms with Crippen LogP contribution in [0.25, 0.3) is 0 Å². The molecule has 0 atom stereocenters. The van der Waals surface area contributed by atoms with Crippen molar-refractivity contribution >= 4 is 17.5 Å². The first kappa shape index (κ1) is 12.4. The van der Waals surface area contributed by atoms with Crippen LogP contribution in [0.1, 0.15) is 42.9 Å². The van der Waals surface area contributed by atoms with Crippen molar-refractivity contribution in [3.63, 3.8) is 0 Å². The summed E-state index contributed by atoms with van der Waals surface area (Å²) >= 11 is 5.86. The number of aromatic nitrogens is 2. The first-order chi connectivity index (χ1) is 8.14. The second kappa shape index (κ2) is 4.69. The van der Waals surface area contributed by atoms with E-state index >= 15 is 0 Å². The van der Waals surface area contributed by atoms with Gasteiger partial charge in [0.2, 0.25) is 0 Å². The lowest BCUT2D eigenvalue weighted by Crippen LogP contribution is -2.39. The quantitative estimate of drug-likeness (QED) is 0.818. The Morgan fingerprint density at radius 3 is 2.76 bits per heavy atom. The highest BCUT2D eigenvalue weighted by Crippen LogP contribution is 2.36. The number of carbonyl (C=O) groups excluding carboxylic acids is 1. The highest BCUT2D eigenvalue weighted by molar-refractivity contribution is 6.19. The van der Waals surface area contributed by atoms with E-state index in [9.17, 15) is 4.79 Å². The first-order valence-electron chi connectivity index (χ1n) is 6.09. The molecule has 1 aliphatic carbocycles. The monoisotopic (exact) mass is 255 g/mol. The summed E-state index contributed by atoms with van der Waals surface area (Å²) in [5.41, 5.74) is 1.43. The van der Waals surface area contributed by atoms with E-state index in [1.807, 2.05) is 19.9 Å². The van der Waals surface area contributed by atoms with Gasteiger partial charge in [-0.05, 0) is 32.3 Å². The van der Waals surface area contributed by atoms with Gasteiger partial charge in [0.05, 0.1) is 11.2 Å². The minimum atomic E-state index is -0.159. The third kappa shape index (κ3) is 2.46. The fraction of sp³-hybridized carbons (Fsp3) is 0.667. The molecule has 1 N–H and O–H groups in total. The Balaban J connectivity index is 2.15. The van der Waals surface area contributed by atoms with Crippen LogP contribution in [-0.4, -0.2) is 27.1 Å². The van der Waals surface area contributed by atoms with E-state index in [0.29, 0.717) is 18.1 Å². The van der Waals surface area contributed by atoms with Crippen LogP contribution in [0, 0.1) is 0 Å². The minimum Gasteiger partial charge on any atom is -0.344 e. The Morgan fingerprint density at radius 2 is 2.29 bits per heavy atom. The zero-order chi connectivity index (χ0) is 12.5. The topological polar surface area (TPSA) is 46.9 Å². The predicted molar refractivity (Wildman–Crippen MR) is 67.4 cm³/mol. The van der Waals surface area contributed by atoms with Crippen LogP contribution in [-0.2, 0) is 13.0 Å². The van der Waals surface area contributed by atoms with Crippen LogP contribution in [0.5, 0.6) is 0 Å². The standard InChI is InChI=1S/C12H18ClN3O/c1-3-9-7-10(16(4-2)15-9)11(17)14-12(8-13)5-6-12/h7H,3-6,8H2,1-2H3,(H,14,17). The van der Waals surface area contributed by atoms with Gasteiger partial charge in [0.15, 0.2) is 0 Å². The molecule has 1 aromatic heterocycles. The number of amides is 1. The lowest BCUT2D eigenvalue weighted by atomic mass is 10.2. The summed E-state index contributed by atoms with van der Waals surface area (Å²) < 4.78 is 1.75. The van der Waals surface area contributed by atoms with Gasteiger partial charge in [-0.25, -0.2) is 0 Å². The van der Waals surface area contributed by atoms with Crippen molar-refractivity contribution in [3.8, 4) is 0 Å². The second-order valence-electron chi connectivity index (χ2n) is 4.56. The third-order valence-corrected chi connectivity index (χ3v) is 3.72. The van der Waals surface area contributed by atoms with Crippen molar-refractivity contribution in [2.75, 3.05) is 5.88 Å². The normalized spacial score (nSPS) is 16.9. The molecular weight excluding hydrogens is 238 g/mol. The fourth-order valence-corrected chi connectivity index (χ4v) is 2.15. The summed E-state index contributed by atoms with van der Waals surface area (Å²) in [5, 5.41) is 7.38. The molecular formula is C12H18ClN3O. The Hall–Kier alpha value is -1.03. The average molecular weight is 256 g/mol. The van der Waals surface area contributed by atoms with E-state index < -0.39 is 0 Å². The highest BCUT2D eigenvalue weighted by atomic mass is 35.5. The molecule has 2 rings (SSSR count). The van der Waals surface area contributed by atoms with E-state index in [4.69, 9.17) is 11.6 Å². The Labute approximate surface area is 106 Å². The van der Waals surface area contributed by atoms with Crippen LogP contribution in [0.2, 0.25) is 0 Å². The van der Waals surface area contributed by atoms with Gasteiger partial charge < -0.3 is 5.32 Å². The maximum Gasteiger partial charge on any atom is 0.270 e. The van der Waals surface area contributed by atoms with Gasteiger partial charge in [0.1, 0.15) is 5.69 Å². The Bertz CT molecular complexity index is 423. The highest BCUT2D eigenvalue weighted by Gasteiger charge is 2.43. The van der Waals surface area contributed by atoms with Crippen LogP contribution < -0.4 is 5.32 Å². The predicted octanol–water partition coefficient (Wildman–Crippen LogP) is 1.97. The van der Waals surface area contributed by atoms with Crippen molar-refractivity contribution in [2.45, 2.75) is 45.2 Å². The second-order valence-corrected chi connectivity index (χ2v) is 4.83. The van der Waals surface area contributed by atoms with Gasteiger partial charge in [0.25, 0.3) is 5.91 Å². The van der Waals surface area contributed by atoms with Crippen LogP contribution in [0.15, 0.2) is 6.07 Å². The fourth-order valence-electron chi connectivity index (χ4n) is 1.81. The van der Waals surface area contributed by atoms with E-state index in [1.54, 1.807) is 4.68 Å². The number of aryl methyl sites for hydroxylation is 2. The molecule has 4 nitrogen and oxygen atoms in total. The Kier molecular flexibility index (Phi) is 3.43. The number of nitrogens with zero attached hydrogens (tertiary/aromatic N) is 2. The van der Waals surface area contributed by atoms with Crippen molar-refractivity contribution in [1.29, 1.82) is 0 Å². The lowest BCUT2D eigenvalue weighted by molar-refractivity contribution is 0.0925. The number of halogens is 1. The van der Waals surface area contributed by atoms with Gasteiger partial charge in [-0.1, -0.05) is 6.92 Å². The summed E-state index contributed by atoms with van der Waals surface area (Å²) in [7, 11) is 0. The molecule has 94 valence electrons. The minimum absolute atomic E-state index is 0.0581. The van der Waals surface area contributed by atoms with Crippen molar-refractivity contribution in [3.05, 3.63) is 17.5 Å². The molecule has 1 amide bonds. The van der Waals surface area contributed by atoms with Gasteiger partial charge in [-0.3, -0.25) is 9.48 Å². The molecule has 17 heavy (non-hydrogen) atoms. The molecule has 0 saturated heterocycles. The largest absolute Gasteiger partial charge is 0.344 e. The molecule has 0 spiro atoms. The summed E-state index contributed by atoms with van der Waals surface area (Å²) in [4.78, 5) is 12.1. The first-order valence-corrected chi connectivity index (χ1v) is 6.63. The zero-order valence-electron chi connectivity index (χ0n) is 10.3. The molecule has 1 fully saturated rings. The van der Waals surface area contributed by atoms with E-state index in [-0.39, 0.29) is 11.4 Å². The molecule has 5 heteroatoms. The molecule has 0 aromatic carbocycles.